The van der Waals surface area contributed by atoms with Crippen LogP contribution in [0.15, 0.2) is 24.3 Å². The number of aliphatic hydroxyl groups is 2. The van der Waals surface area contributed by atoms with Crippen LogP contribution in [0, 0.1) is 0 Å². The SMILES string of the molecule is CCCCCCCCCCCC/C=C/C(O)C(CO)NC(=O)CCCCCCCCCCCCCCCCCC/C=C\CCCCCCCCCCCCCCOC(=O)CCCCCCCCCCCCCC. The van der Waals surface area contributed by atoms with Crippen LogP contribution in [0.3, 0.4) is 0 Å². The Labute approximate surface area is 456 Å². The van der Waals surface area contributed by atoms with Crippen molar-refractivity contribution in [3.05, 3.63) is 24.3 Å². The highest BCUT2D eigenvalue weighted by atomic mass is 16.5. The second-order valence-electron chi connectivity index (χ2n) is 22.8. The molecule has 0 aromatic carbocycles. The molecular formula is C67H129NO5. The number of hydrogen-bond acceptors (Lipinski definition) is 5. The molecule has 1 amide bonds. The molecule has 0 aromatic rings. The zero-order valence-electron chi connectivity index (χ0n) is 49.4. The zero-order chi connectivity index (χ0) is 52.9. The first-order valence-corrected chi connectivity index (χ1v) is 33.1. The van der Waals surface area contributed by atoms with Crippen LogP contribution in [-0.2, 0) is 14.3 Å². The number of nitrogens with one attached hydrogen (secondary N) is 1. The van der Waals surface area contributed by atoms with Gasteiger partial charge in [-0.25, -0.2) is 0 Å². The van der Waals surface area contributed by atoms with Crippen molar-refractivity contribution < 1.29 is 24.5 Å². The average molecular weight is 1030 g/mol. The number of carbonyl (C=O) groups excluding carboxylic acids is 2. The van der Waals surface area contributed by atoms with Gasteiger partial charge in [-0.2, -0.15) is 0 Å². The molecule has 0 radical (unpaired) electrons. The van der Waals surface area contributed by atoms with Gasteiger partial charge in [0.15, 0.2) is 0 Å². The molecule has 0 spiro atoms. The summed E-state index contributed by atoms with van der Waals surface area (Å²) in [5.74, 6) is -0.0457. The minimum atomic E-state index is -0.841. The molecule has 0 saturated carbocycles. The first kappa shape index (κ1) is 71.3. The van der Waals surface area contributed by atoms with E-state index in [1.807, 2.05) is 6.08 Å². The maximum atomic E-state index is 12.4. The van der Waals surface area contributed by atoms with Crippen LogP contribution in [0.25, 0.3) is 0 Å². The summed E-state index contributed by atoms with van der Waals surface area (Å²) in [5, 5.41) is 23.1. The molecule has 0 heterocycles. The van der Waals surface area contributed by atoms with Crippen molar-refractivity contribution in [1.82, 2.24) is 5.32 Å². The molecule has 6 nitrogen and oxygen atoms in total. The Balaban J connectivity index is 3.35. The fourth-order valence-corrected chi connectivity index (χ4v) is 10.4. The van der Waals surface area contributed by atoms with Crippen LogP contribution in [0.2, 0.25) is 0 Å². The number of rotatable bonds is 62. The molecule has 0 aromatic heterocycles. The average Bonchev–Trinajstić information content (AvgIpc) is 3.39. The van der Waals surface area contributed by atoms with Gasteiger partial charge in [0, 0.05) is 12.8 Å². The molecule has 2 atom stereocenters. The summed E-state index contributed by atoms with van der Waals surface area (Å²) >= 11 is 0. The summed E-state index contributed by atoms with van der Waals surface area (Å²) in [5.41, 5.74) is 0. The largest absolute Gasteiger partial charge is 0.466 e. The van der Waals surface area contributed by atoms with Gasteiger partial charge in [0.05, 0.1) is 25.4 Å². The summed E-state index contributed by atoms with van der Waals surface area (Å²) in [4.78, 5) is 24.5. The van der Waals surface area contributed by atoms with Crippen molar-refractivity contribution in [1.29, 1.82) is 0 Å². The van der Waals surface area contributed by atoms with Crippen molar-refractivity contribution in [3.63, 3.8) is 0 Å². The molecule has 2 unspecified atom stereocenters. The van der Waals surface area contributed by atoms with Crippen LogP contribution in [0.5, 0.6) is 0 Å². The molecule has 3 N–H and O–H groups in total. The van der Waals surface area contributed by atoms with Gasteiger partial charge in [0.1, 0.15) is 0 Å². The van der Waals surface area contributed by atoms with E-state index in [0.717, 1.165) is 38.5 Å². The fourth-order valence-electron chi connectivity index (χ4n) is 10.4. The van der Waals surface area contributed by atoms with Gasteiger partial charge in [0.2, 0.25) is 5.91 Å². The van der Waals surface area contributed by atoms with Crippen molar-refractivity contribution in [2.45, 2.75) is 379 Å². The van der Waals surface area contributed by atoms with E-state index in [9.17, 15) is 19.8 Å². The highest BCUT2D eigenvalue weighted by Crippen LogP contribution is 2.18. The minimum absolute atomic E-state index is 0.0189. The molecule has 0 fully saturated rings. The van der Waals surface area contributed by atoms with Crippen LogP contribution < -0.4 is 5.32 Å². The van der Waals surface area contributed by atoms with Gasteiger partial charge in [-0.1, -0.05) is 321 Å². The van der Waals surface area contributed by atoms with Gasteiger partial charge in [-0.05, 0) is 57.8 Å². The third kappa shape index (κ3) is 59.4. The fraction of sp³-hybridized carbons (Fsp3) is 0.910. The molecule has 73 heavy (non-hydrogen) atoms. The van der Waals surface area contributed by atoms with E-state index in [-0.39, 0.29) is 18.5 Å². The van der Waals surface area contributed by atoms with E-state index < -0.39 is 12.1 Å². The Morgan fingerprint density at radius 3 is 0.973 bits per heavy atom. The molecule has 0 aliphatic heterocycles. The van der Waals surface area contributed by atoms with Crippen LogP contribution >= 0.6 is 0 Å². The van der Waals surface area contributed by atoms with Crippen molar-refractivity contribution in [2.24, 2.45) is 0 Å². The summed E-state index contributed by atoms with van der Waals surface area (Å²) in [6, 6.07) is -0.624. The first-order chi connectivity index (χ1) is 36.0. The second-order valence-corrected chi connectivity index (χ2v) is 22.8. The van der Waals surface area contributed by atoms with Gasteiger partial charge in [0.25, 0.3) is 0 Å². The maximum absolute atomic E-state index is 12.4. The monoisotopic (exact) mass is 1030 g/mol. The summed E-state index contributed by atoms with van der Waals surface area (Å²) in [7, 11) is 0. The molecule has 0 saturated heterocycles. The van der Waals surface area contributed by atoms with Crippen LogP contribution in [-0.4, -0.2) is 47.4 Å². The number of esters is 1. The zero-order valence-corrected chi connectivity index (χ0v) is 49.4. The van der Waals surface area contributed by atoms with E-state index in [1.54, 1.807) is 6.08 Å². The highest BCUT2D eigenvalue weighted by molar-refractivity contribution is 5.76. The number of allylic oxidation sites excluding steroid dienone is 3. The lowest BCUT2D eigenvalue weighted by molar-refractivity contribution is -0.143. The lowest BCUT2D eigenvalue weighted by atomic mass is 10.0. The summed E-state index contributed by atoms with van der Waals surface area (Å²) in [6.45, 7) is 4.92. The molecule has 0 aliphatic carbocycles. The lowest BCUT2D eigenvalue weighted by Gasteiger charge is -2.20. The number of carbonyl (C=O) groups is 2. The quantitative estimate of drug-likeness (QED) is 0.0320. The molecule has 432 valence electrons. The van der Waals surface area contributed by atoms with E-state index >= 15 is 0 Å². The van der Waals surface area contributed by atoms with Gasteiger partial charge in [-0.15, -0.1) is 0 Å². The number of aliphatic hydroxyl groups excluding tert-OH is 2. The molecule has 0 aliphatic rings. The normalized spacial score (nSPS) is 12.7. The topological polar surface area (TPSA) is 95.9 Å². The Kier molecular flexibility index (Phi) is 61.4. The number of amides is 1. The Hall–Kier alpha value is -1.66. The predicted molar refractivity (Wildman–Crippen MR) is 320 cm³/mol. The van der Waals surface area contributed by atoms with Gasteiger partial charge < -0.3 is 20.3 Å². The number of unbranched alkanes of at least 4 members (excludes halogenated alkanes) is 49. The number of hydrogen-bond donors (Lipinski definition) is 3. The third-order valence-corrected chi connectivity index (χ3v) is 15.5. The van der Waals surface area contributed by atoms with E-state index in [0.29, 0.717) is 19.4 Å². The summed E-state index contributed by atoms with van der Waals surface area (Å²) < 4.78 is 5.48. The number of ether oxygens (including phenoxy) is 1. The van der Waals surface area contributed by atoms with E-state index in [4.69, 9.17) is 4.74 Å². The molecule has 0 bridgehead atoms. The Morgan fingerprint density at radius 2 is 0.644 bits per heavy atom. The molecule has 0 rings (SSSR count). The third-order valence-electron chi connectivity index (χ3n) is 15.5. The van der Waals surface area contributed by atoms with Gasteiger partial charge >= 0.3 is 5.97 Å². The Morgan fingerprint density at radius 1 is 0.370 bits per heavy atom. The van der Waals surface area contributed by atoms with Gasteiger partial charge in [-0.3, -0.25) is 9.59 Å². The molecular weight excluding hydrogens is 899 g/mol. The maximum Gasteiger partial charge on any atom is 0.305 e. The predicted octanol–water partition coefficient (Wildman–Crippen LogP) is 21.0. The van der Waals surface area contributed by atoms with E-state index in [2.05, 4.69) is 31.3 Å². The lowest BCUT2D eigenvalue weighted by Crippen LogP contribution is -2.45. The Bertz CT molecular complexity index is 1140. The van der Waals surface area contributed by atoms with Crippen LogP contribution in [0.4, 0.5) is 0 Å². The molecule has 6 heteroatoms. The smallest absolute Gasteiger partial charge is 0.305 e. The second kappa shape index (κ2) is 62.9. The van der Waals surface area contributed by atoms with Crippen molar-refractivity contribution in [2.75, 3.05) is 13.2 Å². The minimum Gasteiger partial charge on any atom is -0.466 e. The highest BCUT2D eigenvalue weighted by Gasteiger charge is 2.18. The standard InChI is InChI=1S/C67H129NO5/c1-3-5-7-9-11-13-15-39-43-47-51-55-59-65(70)64(63-69)68-66(71)60-56-52-48-44-40-37-35-33-31-29-27-25-23-21-19-17-18-20-22-24-26-28-30-32-34-36-38-42-46-50-54-58-62-73-67(72)61-57-53-49-45-41-16-14-12-10-8-6-4-2/h20,22,55,59,64-65,69-70H,3-19,21,23-54,56-58,60-63H2,1-2H3,(H,68,71)/b22-20-,59-55+. The van der Waals surface area contributed by atoms with Crippen molar-refractivity contribution >= 4 is 11.9 Å². The first-order valence-electron chi connectivity index (χ1n) is 33.1. The summed E-state index contributed by atoms with van der Waals surface area (Å²) in [6.07, 6.45) is 78.2. The van der Waals surface area contributed by atoms with Crippen molar-refractivity contribution in [3.8, 4) is 0 Å². The van der Waals surface area contributed by atoms with E-state index in [1.165, 1.54) is 302 Å². The van der Waals surface area contributed by atoms with Crippen LogP contribution in [0.1, 0.15) is 367 Å².